The smallest absolute Gasteiger partial charge is 0.245 e. The molecule has 1 aromatic rings. The number of halogens is 1. The first kappa shape index (κ1) is 11.4. The first-order valence-corrected chi connectivity index (χ1v) is 5.70. The fourth-order valence-corrected chi connectivity index (χ4v) is 2.15. The van der Waals surface area contributed by atoms with E-state index in [1.165, 1.54) is 0 Å². The minimum atomic E-state index is -0.605. The second kappa shape index (κ2) is 4.44. The predicted molar refractivity (Wildman–Crippen MR) is 63.7 cm³/mol. The van der Waals surface area contributed by atoms with Gasteiger partial charge in [-0.1, -0.05) is 17.7 Å². The summed E-state index contributed by atoms with van der Waals surface area (Å²) >= 11 is 5.95. The van der Waals surface area contributed by atoms with Crippen LogP contribution >= 0.6 is 11.6 Å². The number of benzene rings is 1. The average Bonchev–Trinajstić information content (AvgIpc) is 2.57. The molecule has 0 bridgehead atoms. The van der Waals surface area contributed by atoms with Gasteiger partial charge in [-0.2, -0.15) is 0 Å². The van der Waals surface area contributed by atoms with Crippen LogP contribution < -0.4 is 4.90 Å². The van der Waals surface area contributed by atoms with Gasteiger partial charge in [-0.25, -0.2) is 0 Å². The van der Waals surface area contributed by atoms with Gasteiger partial charge in [-0.3, -0.25) is 4.79 Å². The molecule has 1 aromatic carbocycles. The van der Waals surface area contributed by atoms with Crippen molar-refractivity contribution >= 4 is 23.2 Å². The van der Waals surface area contributed by atoms with E-state index in [0.717, 1.165) is 11.3 Å². The number of hydrogen-bond donors (Lipinski definition) is 1. The van der Waals surface area contributed by atoms with Crippen LogP contribution in [0.3, 0.4) is 0 Å². The maximum atomic E-state index is 11.8. The van der Waals surface area contributed by atoms with Gasteiger partial charge < -0.3 is 10.0 Å². The molecule has 1 aliphatic heterocycles. The van der Waals surface area contributed by atoms with E-state index in [1.807, 2.05) is 31.2 Å². The fourth-order valence-electron chi connectivity index (χ4n) is 1.88. The number of nitrogens with zero attached hydrogens (tertiary/aromatic N) is 1. The second-order valence-electron chi connectivity index (χ2n) is 4.13. The second-order valence-corrected chi connectivity index (χ2v) is 4.60. The van der Waals surface area contributed by atoms with Crippen molar-refractivity contribution in [3.05, 3.63) is 29.8 Å². The van der Waals surface area contributed by atoms with E-state index in [1.54, 1.807) is 4.90 Å². The zero-order chi connectivity index (χ0) is 11.7. The molecule has 0 saturated carbocycles. The molecule has 2 rings (SSSR count). The van der Waals surface area contributed by atoms with Crippen LogP contribution in [0, 0.1) is 12.8 Å². The van der Waals surface area contributed by atoms with Gasteiger partial charge in [-0.05, 0) is 19.1 Å². The largest absolute Gasteiger partial charge is 0.396 e. The number of carbonyl (C=O) groups is 1. The molecular formula is C12H14ClNO2. The molecule has 0 spiro atoms. The molecule has 1 saturated heterocycles. The molecule has 16 heavy (non-hydrogen) atoms. The van der Waals surface area contributed by atoms with Crippen LogP contribution in [0.1, 0.15) is 5.56 Å². The highest BCUT2D eigenvalue weighted by molar-refractivity contribution is 6.34. The van der Waals surface area contributed by atoms with E-state index in [0.29, 0.717) is 6.54 Å². The molecule has 0 radical (unpaired) electrons. The Kier molecular flexibility index (Phi) is 3.17. The third-order valence-corrected chi connectivity index (χ3v) is 3.46. The van der Waals surface area contributed by atoms with E-state index in [-0.39, 0.29) is 18.4 Å². The Bertz CT molecular complexity index is 391. The van der Waals surface area contributed by atoms with Crippen molar-refractivity contribution in [2.45, 2.75) is 12.3 Å². The van der Waals surface area contributed by atoms with Gasteiger partial charge in [0.15, 0.2) is 0 Å². The maximum absolute atomic E-state index is 11.8. The molecule has 2 atom stereocenters. The Labute approximate surface area is 99.6 Å². The quantitative estimate of drug-likeness (QED) is 0.796. The Morgan fingerprint density at radius 2 is 2.06 bits per heavy atom. The van der Waals surface area contributed by atoms with Crippen LogP contribution in [-0.4, -0.2) is 29.5 Å². The Hall–Kier alpha value is -1.06. The zero-order valence-electron chi connectivity index (χ0n) is 9.06. The van der Waals surface area contributed by atoms with Crippen LogP contribution in [0.25, 0.3) is 0 Å². The van der Waals surface area contributed by atoms with Gasteiger partial charge >= 0.3 is 0 Å². The molecule has 1 heterocycles. The Morgan fingerprint density at radius 1 is 1.44 bits per heavy atom. The zero-order valence-corrected chi connectivity index (χ0v) is 9.81. The van der Waals surface area contributed by atoms with Crippen LogP contribution in [0.4, 0.5) is 5.69 Å². The molecule has 1 fully saturated rings. The summed E-state index contributed by atoms with van der Waals surface area (Å²) in [5.74, 6) is -0.292. The van der Waals surface area contributed by atoms with E-state index in [2.05, 4.69) is 0 Å². The molecule has 0 aromatic heterocycles. The highest BCUT2D eigenvalue weighted by Crippen LogP contribution is 2.28. The lowest BCUT2D eigenvalue weighted by atomic mass is 10.1. The fraction of sp³-hybridized carbons (Fsp3) is 0.417. The number of amides is 1. The van der Waals surface area contributed by atoms with Gasteiger partial charge in [0.1, 0.15) is 5.38 Å². The molecule has 0 unspecified atom stereocenters. The lowest BCUT2D eigenvalue weighted by molar-refractivity contribution is -0.117. The number of anilines is 1. The molecule has 1 amide bonds. The summed E-state index contributed by atoms with van der Waals surface area (Å²) in [6, 6.07) is 7.71. The number of hydrogen-bond acceptors (Lipinski definition) is 2. The molecule has 1 N–H and O–H groups in total. The summed E-state index contributed by atoms with van der Waals surface area (Å²) in [5, 5.41) is 8.49. The summed E-state index contributed by atoms with van der Waals surface area (Å²) in [7, 11) is 0. The SMILES string of the molecule is Cc1ccc(N2C[C@@H](CO)[C@@H](Cl)C2=O)cc1. The van der Waals surface area contributed by atoms with Crippen LogP contribution in [-0.2, 0) is 4.79 Å². The summed E-state index contributed by atoms with van der Waals surface area (Å²) in [6.07, 6.45) is 0. The summed E-state index contributed by atoms with van der Waals surface area (Å²) in [6.45, 7) is 2.44. The number of alkyl halides is 1. The number of aliphatic hydroxyl groups excluding tert-OH is 1. The lowest BCUT2D eigenvalue weighted by Crippen LogP contribution is -2.27. The number of rotatable bonds is 2. The third kappa shape index (κ3) is 1.93. The van der Waals surface area contributed by atoms with E-state index in [4.69, 9.17) is 16.7 Å². The molecule has 0 aliphatic carbocycles. The first-order valence-electron chi connectivity index (χ1n) is 5.26. The van der Waals surface area contributed by atoms with Crippen molar-refractivity contribution in [3.8, 4) is 0 Å². The highest BCUT2D eigenvalue weighted by Gasteiger charge is 2.39. The van der Waals surface area contributed by atoms with Crippen molar-refractivity contribution in [3.63, 3.8) is 0 Å². The van der Waals surface area contributed by atoms with Crippen LogP contribution in [0.2, 0.25) is 0 Å². The maximum Gasteiger partial charge on any atom is 0.245 e. The number of aliphatic hydroxyl groups is 1. The van der Waals surface area contributed by atoms with Gasteiger partial charge in [-0.15, -0.1) is 11.6 Å². The number of aryl methyl sites for hydroxylation is 1. The predicted octanol–water partition coefficient (Wildman–Crippen LogP) is 1.56. The molecule has 4 heteroatoms. The van der Waals surface area contributed by atoms with Gasteiger partial charge in [0.25, 0.3) is 0 Å². The van der Waals surface area contributed by atoms with Crippen molar-refractivity contribution in [1.82, 2.24) is 0 Å². The highest BCUT2D eigenvalue weighted by atomic mass is 35.5. The minimum Gasteiger partial charge on any atom is -0.396 e. The first-order chi connectivity index (χ1) is 7.63. The standard InChI is InChI=1S/C12H14ClNO2/c1-8-2-4-10(5-3-8)14-6-9(7-15)11(13)12(14)16/h2-5,9,11,15H,6-7H2,1H3/t9-,11+/m0/s1. The van der Waals surface area contributed by atoms with Crippen LogP contribution in [0.5, 0.6) is 0 Å². The minimum absolute atomic E-state index is 0.0533. The monoisotopic (exact) mass is 239 g/mol. The van der Waals surface area contributed by atoms with Crippen molar-refractivity contribution in [1.29, 1.82) is 0 Å². The molecule has 86 valence electrons. The van der Waals surface area contributed by atoms with E-state index < -0.39 is 5.38 Å². The summed E-state index contributed by atoms with van der Waals surface area (Å²) < 4.78 is 0. The molecule has 1 aliphatic rings. The van der Waals surface area contributed by atoms with Crippen molar-refractivity contribution < 1.29 is 9.90 Å². The molecule has 3 nitrogen and oxygen atoms in total. The van der Waals surface area contributed by atoms with Gasteiger partial charge in [0.05, 0.1) is 0 Å². The van der Waals surface area contributed by atoms with Gasteiger partial charge in [0.2, 0.25) is 5.91 Å². The Morgan fingerprint density at radius 3 is 2.56 bits per heavy atom. The van der Waals surface area contributed by atoms with Crippen molar-refractivity contribution in [2.75, 3.05) is 18.1 Å². The third-order valence-electron chi connectivity index (χ3n) is 2.91. The summed E-state index contributed by atoms with van der Waals surface area (Å²) in [4.78, 5) is 13.5. The summed E-state index contributed by atoms with van der Waals surface area (Å²) in [5.41, 5.74) is 1.99. The van der Waals surface area contributed by atoms with E-state index >= 15 is 0 Å². The topological polar surface area (TPSA) is 40.5 Å². The number of carbonyl (C=O) groups excluding carboxylic acids is 1. The van der Waals surface area contributed by atoms with Gasteiger partial charge in [0, 0.05) is 24.8 Å². The van der Waals surface area contributed by atoms with Crippen LogP contribution in [0.15, 0.2) is 24.3 Å². The lowest BCUT2D eigenvalue weighted by Gasteiger charge is -2.16. The normalized spacial score (nSPS) is 25.2. The van der Waals surface area contributed by atoms with E-state index in [9.17, 15) is 4.79 Å². The molecular weight excluding hydrogens is 226 g/mol. The average molecular weight is 240 g/mol. The Balaban J connectivity index is 2.23. The van der Waals surface area contributed by atoms with Crippen molar-refractivity contribution in [2.24, 2.45) is 5.92 Å².